The van der Waals surface area contributed by atoms with E-state index >= 15 is 0 Å². The summed E-state index contributed by atoms with van der Waals surface area (Å²) in [5, 5.41) is 18.7. The van der Waals surface area contributed by atoms with Gasteiger partial charge < -0.3 is 10.7 Å². The molecular weight excluding hydrogens is 428 g/mol. The molecule has 0 aliphatic carbocycles. The van der Waals surface area contributed by atoms with Gasteiger partial charge in [-0.25, -0.2) is 4.68 Å². The molecule has 31 heavy (non-hydrogen) atoms. The van der Waals surface area contributed by atoms with Crippen LogP contribution in [0.4, 0.5) is 0 Å². The van der Waals surface area contributed by atoms with Crippen molar-refractivity contribution in [2.75, 3.05) is 24.7 Å². The van der Waals surface area contributed by atoms with Gasteiger partial charge in [-0.1, -0.05) is 66.0 Å². The van der Waals surface area contributed by atoms with Gasteiger partial charge in [-0.05, 0) is 36.6 Å². The minimum atomic E-state index is 0.0604. The fraction of sp³-hybridized carbons (Fsp3) is 0.273. The monoisotopic (exact) mass is 452 g/mol. The first-order valence-electron chi connectivity index (χ1n) is 9.89. The summed E-state index contributed by atoms with van der Waals surface area (Å²) < 4.78 is 1.43. The van der Waals surface area contributed by atoms with E-state index in [4.69, 9.17) is 5.84 Å². The molecule has 1 heterocycles. The summed E-state index contributed by atoms with van der Waals surface area (Å²) in [5.74, 6) is 7.15. The first-order valence-corrected chi connectivity index (χ1v) is 11.9. The molecule has 2 aromatic carbocycles. The van der Waals surface area contributed by atoms with Crippen molar-refractivity contribution >= 4 is 29.4 Å². The van der Waals surface area contributed by atoms with E-state index in [0.717, 1.165) is 16.7 Å². The molecule has 7 nitrogen and oxygen atoms in total. The van der Waals surface area contributed by atoms with Crippen molar-refractivity contribution in [1.29, 1.82) is 5.26 Å². The van der Waals surface area contributed by atoms with Gasteiger partial charge in [-0.3, -0.25) is 4.79 Å². The summed E-state index contributed by atoms with van der Waals surface area (Å²) in [7, 11) is 0. The normalized spacial score (nSPS) is 10.6. The Hall–Kier alpha value is -2.96. The van der Waals surface area contributed by atoms with Crippen molar-refractivity contribution in [3.63, 3.8) is 0 Å². The van der Waals surface area contributed by atoms with Crippen LogP contribution in [0.1, 0.15) is 25.0 Å². The first kappa shape index (κ1) is 22.7. The standard InChI is InChI=1S/C22H24N6OS2/c1-3-27(4-2)20(29)15-31-22-26-25-21(28(22)24)30-14-16-9-11-17(12-10-16)19-8-6-5-7-18(19)13-23/h5-12H,3-4,14-15,24H2,1-2H3. The number of nitrogen functional groups attached to an aromatic ring is 1. The quantitative estimate of drug-likeness (QED) is 0.389. The van der Waals surface area contributed by atoms with Crippen molar-refractivity contribution in [3.05, 3.63) is 59.7 Å². The van der Waals surface area contributed by atoms with E-state index in [1.807, 2.05) is 62.4 Å². The van der Waals surface area contributed by atoms with Gasteiger partial charge in [-0.2, -0.15) is 5.26 Å². The van der Waals surface area contributed by atoms with Gasteiger partial charge in [0.1, 0.15) is 0 Å². The van der Waals surface area contributed by atoms with Gasteiger partial charge in [0, 0.05) is 18.8 Å². The molecule has 1 amide bonds. The number of amides is 1. The predicted octanol–water partition coefficient (Wildman–Crippen LogP) is 3.78. The summed E-state index contributed by atoms with van der Waals surface area (Å²) in [6, 6.07) is 17.9. The Morgan fingerprint density at radius 1 is 1.06 bits per heavy atom. The highest BCUT2D eigenvalue weighted by Crippen LogP contribution is 2.27. The van der Waals surface area contributed by atoms with Crippen molar-refractivity contribution in [3.8, 4) is 17.2 Å². The molecule has 0 saturated carbocycles. The Morgan fingerprint density at radius 3 is 2.35 bits per heavy atom. The third-order valence-corrected chi connectivity index (χ3v) is 6.70. The number of nitriles is 1. The van der Waals surface area contributed by atoms with E-state index in [0.29, 0.717) is 34.7 Å². The minimum absolute atomic E-state index is 0.0604. The number of hydrogen-bond donors (Lipinski definition) is 1. The Bertz CT molecular complexity index is 1070. The highest BCUT2D eigenvalue weighted by molar-refractivity contribution is 8.00. The van der Waals surface area contributed by atoms with Gasteiger partial charge in [0.15, 0.2) is 0 Å². The zero-order valence-corrected chi connectivity index (χ0v) is 19.1. The van der Waals surface area contributed by atoms with Crippen molar-refractivity contribution in [2.45, 2.75) is 29.9 Å². The number of nitrogens with zero attached hydrogens (tertiary/aromatic N) is 5. The van der Waals surface area contributed by atoms with Crippen LogP contribution in [0.5, 0.6) is 0 Å². The number of nitrogens with two attached hydrogens (primary N) is 1. The molecule has 0 unspecified atom stereocenters. The molecule has 0 bridgehead atoms. The molecule has 0 atom stereocenters. The van der Waals surface area contributed by atoms with Crippen LogP contribution in [0, 0.1) is 11.3 Å². The van der Waals surface area contributed by atoms with Crippen molar-refractivity contribution < 1.29 is 4.79 Å². The largest absolute Gasteiger partial charge is 0.343 e. The molecule has 3 aromatic rings. The topological polar surface area (TPSA) is 101 Å². The minimum Gasteiger partial charge on any atom is -0.343 e. The van der Waals surface area contributed by atoms with Crippen LogP contribution in [-0.2, 0) is 10.5 Å². The summed E-state index contributed by atoms with van der Waals surface area (Å²) in [5.41, 5.74) is 3.69. The molecule has 0 saturated heterocycles. The molecule has 3 rings (SSSR count). The van der Waals surface area contributed by atoms with Crippen molar-refractivity contribution in [1.82, 2.24) is 19.8 Å². The fourth-order valence-electron chi connectivity index (χ4n) is 3.02. The molecule has 0 aliphatic rings. The molecule has 0 spiro atoms. The third-order valence-electron chi connectivity index (χ3n) is 4.75. The van der Waals surface area contributed by atoms with Crippen LogP contribution in [-0.4, -0.2) is 44.5 Å². The molecule has 0 radical (unpaired) electrons. The van der Waals surface area contributed by atoms with Gasteiger partial charge in [0.05, 0.1) is 17.4 Å². The lowest BCUT2D eigenvalue weighted by Gasteiger charge is -2.17. The Kier molecular flexibility index (Phi) is 7.98. The van der Waals surface area contributed by atoms with Crippen LogP contribution in [0.2, 0.25) is 0 Å². The number of thioether (sulfide) groups is 2. The molecule has 0 aliphatic heterocycles. The number of hydrogen-bond acceptors (Lipinski definition) is 7. The van der Waals surface area contributed by atoms with Gasteiger partial charge in [-0.15, -0.1) is 10.2 Å². The lowest BCUT2D eigenvalue weighted by molar-refractivity contribution is -0.127. The second-order valence-corrected chi connectivity index (χ2v) is 8.52. The maximum absolute atomic E-state index is 12.2. The highest BCUT2D eigenvalue weighted by Gasteiger charge is 2.15. The lowest BCUT2D eigenvalue weighted by atomic mass is 10.00. The summed E-state index contributed by atoms with van der Waals surface area (Å²) in [6.07, 6.45) is 0. The number of rotatable bonds is 9. The van der Waals surface area contributed by atoms with E-state index in [1.54, 1.807) is 4.90 Å². The van der Waals surface area contributed by atoms with Crippen LogP contribution in [0.25, 0.3) is 11.1 Å². The van der Waals surface area contributed by atoms with E-state index in [1.165, 1.54) is 28.2 Å². The maximum Gasteiger partial charge on any atom is 0.233 e. The summed E-state index contributed by atoms with van der Waals surface area (Å²) >= 11 is 2.78. The number of benzene rings is 2. The predicted molar refractivity (Wildman–Crippen MR) is 125 cm³/mol. The number of carbonyl (C=O) groups excluding carboxylic acids is 1. The highest BCUT2D eigenvalue weighted by atomic mass is 32.2. The molecule has 0 fully saturated rings. The fourth-order valence-corrected chi connectivity index (χ4v) is 4.64. The maximum atomic E-state index is 12.2. The second kappa shape index (κ2) is 10.9. The van der Waals surface area contributed by atoms with Crippen LogP contribution in [0.15, 0.2) is 58.8 Å². The van der Waals surface area contributed by atoms with Gasteiger partial charge in [0.2, 0.25) is 16.2 Å². The van der Waals surface area contributed by atoms with Gasteiger partial charge in [0.25, 0.3) is 0 Å². The Balaban J connectivity index is 1.59. The number of carbonyl (C=O) groups is 1. The molecule has 160 valence electrons. The van der Waals surface area contributed by atoms with E-state index < -0.39 is 0 Å². The Labute approximate surface area is 190 Å². The molecule has 1 aromatic heterocycles. The van der Waals surface area contributed by atoms with Crippen LogP contribution >= 0.6 is 23.5 Å². The van der Waals surface area contributed by atoms with Crippen LogP contribution < -0.4 is 5.84 Å². The second-order valence-electron chi connectivity index (χ2n) is 6.63. The molecule has 9 heteroatoms. The Morgan fingerprint density at radius 2 is 1.71 bits per heavy atom. The van der Waals surface area contributed by atoms with Crippen molar-refractivity contribution in [2.24, 2.45) is 0 Å². The zero-order valence-electron chi connectivity index (χ0n) is 17.5. The molecule has 2 N–H and O–H groups in total. The van der Waals surface area contributed by atoms with E-state index in [-0.39, 0.29) is 11.7 Å². The summed E-state index contributed by atoms with van der Waals surface area (Å²) in [6.45, 7) is 5.29. The van der Waals surface area contributed by atoms with Crippen LogP contribution in [0.3, 0.4) is 0 Å². The lowest BCUT2D eigenvalue weighted by Crippen LogP contribution is -2.32. The average molecular weight is 453 g/mol. The van der Waals surface area contributed by atoms with E-state index in [2.05, 4.69) is 16.3 Å². The average Bonchev–Trinajstić information content (AvgIpc) is 3.16. The molecular formula is C22H24N6OS2. The number of aromatic nitrogens is 3. The zero-order chi connectivity index (χ0) is 22.2. The SMILES string of the molecule is CCN(CC)C(=O)CSc1nnc(SCc2ccc(-c3ccccc3C#N)cc2)n1N. The smallest absolute Gasteiger partial charge is 0.233 e. The third kappa shape index (κ3) is 5.60. The summed E-state index contributed by atoms with van der Waals surface area (Å²) in [4.78, 5) is 13.9. The van der Waals surface area contributed by atoms with E-state index in [9.17, 15) is 10.1 Å². The first-order chi connectivity index (χ1) is 15.1. The van der Waals surface area contributed by atoms with Gasteiger partial charge >= 0.3 is 0 Å².